The third kappa shape index (κ3) is 2.34. The zero-order chi connectivity index (χ0) is 18.4. The maximum Gasteiger partial charge on any atom is 0.0631 e. The first-order chi connectivity index (χ1) is 13.3. The van der Waals surface area contributed by atoms with Gasteiger partial charge >= 0.3 is 0 Å². The SMILES string of the molecule is Nc1cc2c(c(-c3ccccc3)c1N)C(c1ccccc1)c1ccccc1-2. The summed E-state index contributed by atoms with van der Waals surface area (Å²) in [7, 11) is 0. The van der Waals surface area contributed by atoms with Crippen LogP contribution in [-0.4, -0.2) is 0 Å². The van der Waals surface area contributed by atoms with E-state index in [1.807, 2.05) is 24.3 Å². The van der Waals surface area contributed by atoms with Crippen molar-refractivity contribution in [2.75, 3.05) is 11.5 Å². The number of nitrogens with two attached hydrogens (primary N) is 2. The summed E-state index contributed by atoms with van der Waals surface area (Å²) in [5.41, 5.74) is 22.6. The van der Waals surface area contributed by atoms with Gasteiger partial charge in [-0.2, -0.15) is 0 Å². The summed E-state index contributed by atoms with van der Waals surface area (Å²) >= 11 is 0. The highest BCUT2D eigenvalue weighted by Crippen LogP contribution is 2.54. The number of nitrogen functional groups attached to an aromatic ring is 2. The first kappa shape index (κ1) is 15.7. The average Bonchev–Trinajstić information content (AvgIpc) is 3.04. The molecule has 0 spiro atoms. The van der Waals surface area contributed by atoms with Gasteiger partial charge in [0.05, 0.1) is 11.4 Å². The molecule has 0 aromatic heterocycles. The topological polar surface area (TPSA) is 52.0 Å². The van der Waals surface area contributed by atoms with Gasteiger partial charge in [0.2, 0.25) is 0 Å². The van der Waals surface area contributed by atoms with Gasteiger partial charge < -0.3 is 11.5 Å². The van der Waals surface area contributed by atoms with Crippen LogP contribution in [0.15, 0.2) is 91.0 Å². The number of fused-ring (bicyclic) bond motifs is 3. The van der Waals surface area contributed by atoms with E-state index in [0.717, 1.165) is 11.1 Å². The van der Waals surface area contributed by atoms with Crippen molar-refractivity contribution in [1.82, 2.24) is 0 Å². The third-order valence-electron chi connectivity index (χ3n) is 5.49. The lowest BCUT2D eigenvalue weighted by molar-refractivity contribution is 1.02. The lowest BCUT2D eigenvalue weighted by Gasteiger charge is -2.20. The van der Waals surface area contributed by atoms with E-state index in [-0.39, 0.29) is 5.92 Å². The normalized spacial score (nSPS) is 14.6. The second-order valence-corrected chi connectivity index (χ2v) is 7.01. The molecule has 1 aliphatic carbocycles. The van der Waals surface area contributed by atoms with Crippen molar-refractivity contribution < 1.29 is 0 Å². The van der Waals surface area contributed by atoms with Crippen molar-refractivity contribution in [3.05, 3.63) is 108 Å². The maximum absolute atomic E-state index is 6.54. The lowest BCUT2D eigenvalue weighted by Crippen LogP contribution is -2.05. The van der Waals surface area contributed by atoms with E-state index in [1.165, 1.54) is 27.8 Å². The van der Waals surface area contributed by atoms with Crippen LogP contribution in [0, 0.1) is 0 Å². The van der Waals surface area contributed by atoms with Crippen LogP contribution in [0.1, 0.15) is 22.6 Å². The van der Waals surface area contributed by atoms with Gasteiger partial charge in [0, 0.05) is 11.5 Å². The second kappa shape index (κ2) is 6.03. The summed E-state index contributed by atoms with van der Waals surface area (Å²) in [6.45, 7) is 0. The number of benzene rings is 4. The molecule has 130 valence electrons. The Bertz CT molecular complexity index is 1130. The lowest BCUT2D eigenvalue weighted by atomic mass is 9.84. The van der Waals surface area contributed by atoms with Crippen LogP contribution in [-0.2, 0) is 0 Å². The summed E-state index contributed by atoms with van der Waals surface area (Å²) in [6.07, 6.45) is 0. The highest BCUT2D eigenvalue weighted by molar-refractivity contribution is 5.97. The third-order valence-corrected chi connectivity index (χ3v) is 5.49. The molecule has 27 heavy (non-hydrogen) atoms. The molecule has 0 radical (unpaired) electrons. The highest BCUT2D eigenvalue weighted by Gasteiger charge is 2.33. The first-order valence-corrected chi connectivity index (χ1v) is 9.17. The maximum atomic E-state index is 6.54. The van der Waals surface area contributed by atoms with Crippen molar-refractivity contribution in [1.29, 1.82) is 0 Å². The van der Waals surface area contributed by atoms with Crippen molar-refractivity contribution >= 4 is 11.4 Å². The van der Waals surface area contributed by atoms with Crippen LogP contribution < -0.4 is 11.5 Å². The van der Waals surface area contributed by atoms with Crippen molar-refractivity contribution in [2.24, 2.45) is 0 Å². The zero-order valence-corrected chi connectivity index (χ0v) is 14.9. The van der Waals surface area contributed by atoms with Gasteiger partial charge in [-0.05, 0) is 39.4 Å². The van der Waals surface area contributed by atoms with Crippen LogP contribution in [0.2, 0.25) is 0 Å². The molecule has 4 aromatic carbocycles. The first-order valence-electron chi connectivity index (χ1n) is 9.17. The average molecular weight is 348 g/mol. The van der Waals surface area contributed by atoms with Gasteiger partial charge in [0.25, 0.3) is 0 Å². The molecule has 0 bridgehead atoms. The monoisotopic (exact) mass is 348 g/mol. The Kier molecular flexibility index (Phi) is 3.51. The Morgan fingerprint density at radius 2 is 1.26 bits per heavy atom. The molecule has 0 saturated heterocycles. The molecule has 0 amide bonds. The van der Waals surface area contributed by atoms with Gasteiger partial charge in [0.15, 0.2) is 0 Å². The number of hydrogen-bond donors (Lipinski definition) is 2. The Balaban J connectivity index is 1.90. The van der Waals surface area contributed by atoms with Gasteiger partial charge in [-0.1, -0.05) is 84.9 Å². The van der Waals surface area contributed by atoms with E-state index in [0.29, 0.717) is 11.4 Å². The largest absolute Gasteiger partial charge is 0.397 e. The van der Waals surface area contributed by atoms with Crippen molar-refractivity contribution in [2.45, 2.75) is 5.92 Å². The predicted octanol–water partition coefficient (Wildman–Crippen LogP) is 5.68. The Hall–Kier alpha value is -3.52. The molecule has 0 heterocycles. The zero-order valence-electron chi connectivity index (χ0n) is 14.9. The second-order valence-electron chi connectivity index (χ2n) is 7.01. The van der Waals surface area contributed by atoms with Crippen LogP contribution in [0.3, 0.4) is 0 Å². The number of hydrogen-bond acceptors (Lipinski definition) is 2. The molecule has 1 aliphatic rings. The smallest absolute Gasteiger partial charge is 0.0631 e. The molecule has 0 fully saturated rings. The van der Waals surface area contributed by atoms with E-state index < -0.39 is 0 Å². The Labute approximate surface area is 159 Å². The molecular weight excluding hydrogens is 328 g/mol. The van der Waals surface area contributed by atoms with E-state index in [9.17, 15) is 0 Å². The molecule has 4 N–H and O–H groups in total. The van der Waals surface area contributed by atoms with E-state index in [4.69, 9.17) is 11.5 Å². The molecule has 5 rings (SSSR count). The summed E-state index contributed by atoms with van der Waals surface area (Å²) < 4.78 is 0. The fourth-order valence-corrected chi connectivity index (χ4v) is 4.31. The summed E-state index contributed by atoms with van der Waals surface area (Å²) in [6, 6.07) is 31.6. The fraction of sp³-hybridized carbons (Fsp3) is 0.0400. The number of anilines is 2. The Morgan fingerprint density at radius 3 is 2.00 bits per heavy atom. The minimum Gasteiger partial charge on any atom is -0.397 e. The van der Waals surface area contributed by atoms with Crippen LogP contribution in [0.5, 0.6) is 0 Å². The van der Waals surface area contributed by atoms with Crippen LogP contribution in [0.25, 0.3) is 22.3 Å². The van der Waals surface area contributed by atoms with E-state index in [1.54, 1.807) is 0 Å². The molecule has 2 heteroatoms. The van der Waals surface area contributed by atoms with Crippen LogP contribution >= 0.6 is 0 Å². The van der Waals surface area contributed by atoms with Crippen molar-refractivity contribution in [3.8, 4) is 22.3 Å². The highest BCUT2D eigenvalue weighted by atomic mass is 14.7. The summed E-state index contributed by atoms with van der Waals surface area (Å²) in [4.78, 5) is 0. The van der Waals surface area contributed by atoms with Gasteiger partial charge in [-0.15, -0.1) is 0 Å². The van der Waals surface area contributed by atoms with Crippen molar-refractivity contribution in [3.63, 3.8) is 0 Å². The molecular formula is C25H20N2. The van der Waals surface area contributed by atoms with E-state index in [2.05, 4.69) is 66.7 Å². The predicted molar refractivity (Wildman–Crippen MR) is 114 cm³/mol. The fourth-order valence-electron chi connectivity index (χ4n) is 4.31. The molecule has 0 saturated carbocycles. The summed E-state index contributed by atoms with van der Waals surface area (Å²) in [5, 5.41) is 0. The minimum absolute atomic E-state index is 0.149. The number of rotatable bonds is 2. The standard InChI is InChI=1S/C25H20N2/c26-21-15-20-18-13-7-8-14-19(18)22(16-9-3-1-4-10-16)24(20)23(25(21)27)17-11-5-2-6-12-17/h1-15,22H,26-27H2. The molecule has 1 unspecified atom stereocenters. The van der Waals surface area contributed by atoms with Gasteiger partial charge in [-0.3, -0.25) is 0 Å². The minimum atomic E-state index is 0.149. The molecule has 0 aliphatic heterocycles. The molecule has 2 nitrogen and oxygen atoms in total. The quantitative estimate of drug-likeness (QED) is 0.403. The van der Waals surface area contributed by atoms with Gasteiger partial charge in [0.1, 0.15) is 0 Å². The van der Waals surface area contributed by atoms with E-state index >= 15 is 0 Å². The van der Waals surface area contributed by atoms with Gasteiger partial charge in [-0.25, -0.2) is 0 Å². The summed E-state index contributed by atoms with van der Waals surface area (Å²) in [5.74, 6) is 0.149. The molecule has 1 atom stereocenters. The van der Waals surface area contributed by atoms with Crippen LogP contribution in [0.4, 0.5) is 11.4 Å². The Morgan fingerprint density at radius 1 is 0.630 bits per heavy atom. The molecule has 4 aromatic rings.